The average molecular weight is 350 g/mol. The van der Waals surface area contributed by atoms with E-state index in [1.165, 1.54) is 19.3 Å². The molecule has 0 saturated carbocycles. The highest BCUT2D eigenvalue weighted by atomic mass is 32.2. The Bertz CT molecular complexity index is 756. The lowest BCUT2D eigenvalue weighted by Gasteiger charge is -2.27. The second-order valence-corrected chi connectivity index (χ2v) is 7.74. The monoisotopic (exact) mass is 350 g/mol. The SMILES string of the molecule is C=CCS(=O)(=O)c1ccc(/C=C/C2NNC(=O)CC2C)cc1OC. The van der Waals surface area contributed by atoms with Gasteiger partial charge < -0.3 is 4.74 Å². The van der Waals surface area contributed by atoms with Crippen molar-refractivity contribution in [1.82, 2.24) is 10.9 Å². The molecule has 1 aromatic carbocycles. The molecule has 24 heavy (non-hydrogen) atoms. The summed E-state index contributed by atoms with van der Waals surface area (Å²) in [6, 6.07) is 4.95. The summed E-state index contributed by atoms with van der Waals surface area (Å²) in [5.41, 5.74) is 6.37. The highest BCUT2D eigenvalue weighted by Crippen LogP contribution is 2.27. The maximum atomic E-state index is 12.2. The topological polar surface area (TPSA) is 84.5 Å². The molecule has 6 nitrogen and oxygen atoms in total. The summed E-state index contributed by atoms with van der Waals surface area (Å²) < 4.78 is 29.6. The highest BCUT2D eigenvalue weighted by Gasteiger charge is 2.23. The zero-order valence-corrected chi connectivity index (χ0v) is 14.6. The normalized spacial score (nSPS) is 21.5. The van der Waals surface area contributed by atoms with Crippen LogP contribution in [0.2, 0.25) is 0 Å². The molecule has 2 atom stereocenters. The summed E-state index contributed by atoms with van der Waals surface area (Å²) in [7, 11) is -2.01. The molecule has 130 valence electrons. The van der Waals surface area contributed by atoms with Gasteiger partial charge in [-0.15, -0.1) is 6.58 Å². The highest BCUT2D eigenvalue weighted by molar-refractivity contribution is 7.91. The van der Waals surface area contributed by atoms with E-state index >= 15 is 0 Å². The van der Waals surface area contributed by atoms with Crippen molar-refractivity contribution >= 4 is 21.8 Å². The van der Waals surface area contributed by atoms with Gasteiger partial charge in [-0.05, 0) is 23.6 Å². The van der Waals surface area contributed by atoms with Gasteiger partial charge in [-0.2, -0.15) is 0 Å². The molecule has 0 aromatic heterocycles. The van der Waals surface area contributed by atoms with Crippen LogP contribution in [0.5, 0.6) is 5.75 Å². The predicted molar refractivity (Wildman–Crippen MR) is 93.1 cm³/mol. The number of rotatable bonds is 6. The van der Waals surface area contributed by atoms with Crippen molar-refractivity contribution in [3.05, 3.63) is 42.5 Å². The zero-order valence-electron chi connectivity index (χ0n) is 13.8. The van der Waals surface area contributed by atoms with E-state index in [4.69, 9.17) is 4.74 Å². The van der Waals surface area contributed by atoms with E-state index in [0.717, 1.165) is 5.56 Å². The van der Waals surface area contributed by atoms with Crippen molar-refractivity contribution in [2.75, 3.05) is 12.9 Å². The van der Waals surface area contributed by atoms with Gasteiger partial charge in [0.2, 0.25) is 5.91 Å². The molecule has 1 amide bonds. The van der Waals surface area contributed by atoms with Crippen LogP contribution in [0.4, 0.5) is 0 Å². The molecule has 1 aliphatic heterocycles. The van der Waals surface area contributed by atoms with Crippen molar-refractivity contribution in [1.29, 1.82) is 0 Å². The third-order valence-corrected chi connectivity index (χ3v) is 5.54. The number of hydrazine groups is 1. The van der Waals surface area contributed by atoms with Gasteiger partial charge in [-0.3, -0.25) is 10.2 Å². The van der Waals surface area contributed by atoms with E-state index < -0.39 is 9.84 Å². The molecule has 2 N–H and O–H groups in total. The molecule has 1 aromatic rings. The van der Waals surface area contributed by atoms with Crippen molar-refractivity contribution < 1.29 is 17.9 Å². The Labute approximate surface area is 142 Å². The van der Waals surface area contributed by atoms with Crippen molar-refractivity contribution in [2.24, 2.45) is 5.92 Å². The summed E-state index contributed by atoms with van der Waals surface area (Å²) in [6.07, 6.45) is 5.63. The molecule has 2 unspecified atom stereocenters. The summed E-state index contributed by atoms with van der Waals surface area (Å²) in [5, 5.41) is 0. The van der Waals surface area contributed by atoms with Gasteiger partial charge in [-0.1, -0.05) is 31.2 Å². The minimum absolute atomic E-state index is 0.0119. The van der Waals surface area contributed by atoms with Gasteiger partial charge >= 0.3 is 0 Å². The smallest absolute Gasteiger partial charge is 0.234 e. The molecule has 0 radical (unpaired) electrons. The molecular formula is C17H22N2O4S. The lowest BCUT2D eigenvalue weighted by atomic mass is 9.96. The van der Waals surface area contributed by atoms with E-state index in [0.29, 0.717) is 12.2 Å². The summed E-state index contributed by atoms with van der Waals surface area (Å²) in [5.74, 6) is 0.313. The van der Waals surface area contributed by atoms with Gasteiger partial charge in [0.15, 0.2) is 9.84 Å². The maximum Gasteiger partial charge on any atom is 0.234 e. The fourth-order valence-electron chi connectivity index (χ4n) is 2.52. The number of hydrogen-bond donors (Lipinski definition) is 2. The fourth-order valence-corrected chi connectivity index (χ4v) is 3.73. The largest absolute Gasteiger partial charge is 0.495 e. The number of hydrogen-bond acceptors (Lipinski definition) is 5. The molecule has 1 fully saturated rings. The van der Waals surface area contributed by atoms with Gasteiger partial charge in [-0.25, -0.2) is 13.8 Å². The Hall–Kier alpha value is -2.12. The lowest BCUT2D eigenvalue weighted by Crippen LogP contribution is -2.52. The van der Waals surface area contributed by atoms with Crippen LogP contribution in [-0.4, -0.2) is 33.2 Å². The summed E-state index contributed by atoms with van der Waals surface area (Å²) in [4.78, 5) is 11.4. The lowest BCUT2D eigenvalue weighted by molar-refractivity contribution is -0.125. The van der Waals surface area contributed by atoms with Gasteiger partial charge in [0, 0.05) is 12.5 Å². The Morgan fingerprint density at radius 2 is 2.17 bits per heavy atom. The minimum Gasteiger partial charge on any atom is -0.495 e. The second kappa shape index (κ2) is 7.63. The minimum atomic E-state index is -3.45. The number of ether oxygens (including phenoxy) is 1. The number of carbonyl (C=O) groups excluding carboxylic acids is 1. The number of amides is 1. The van der Waals surface area contributed by atoms with Gasteiger partial charge in [0.1, 0.15) is 10.6 Å². The number of sulfone groups is 1. The van der Waals surface area contributed by atoms with E-state index in [1.54, 1.807) is 12.1 Å². The molecule has 7 heteroatoms. The Morgan fingerprint density at radius 1 is 1.42 bits per heavy atom. The maximum absolute atomic E-state index is 12.2. The van der Waals surface area contributed by atoms with Crippen LogP contribution in [0.1, 0.15) is 18.9 Å². The van der Waals surface area contributed by atoms with Crippen LogP contribution in [0.3, 0.4) is 0 Å². The third-order valence-electron chi connectivity index (χ3n) is 3.85. The number of nitrogens with one attached hydrogen (secondary N) is 2. The van der Waals surface area contributed by atoms with E-state index in [1.807, 2.05) is 19.1 Å². The van der Waals surface area contributed by atoms with Crippen molar-refractivity contribution in [2.45, 2.75) is 24.3 Å². The molecule has 2 rings (SSSR count). The summed E-state index contributed by atoms with van der Waals surface area (Å²) in [6.45, 7) is 5.46. The average Bonchev–Trinajstić information content (AvgIpc) is 2.53. The first kappa shape index (κ1) is 18.2. The standard InChI is InChI=1S/C17H22N2O4S/c1-4-9-24(21,22)16-8-6-13(11-15(16)23-3)5-7-14-12(2)10-17(20)19-18-14/h4-8,11-12,14,18H,1,9-10H2,2-3H3,(H,19,20)/b7-5+. The Balaban J connectivity index is 2.22. The molecular weight excluding hydrogens is 328 g/mol. The third kappa shape index (κ3) is 4.24. The first-order valence-corrected chi connectivity index (χ1v) is 9.27. The molecule has 0 spiro atoms. The Morgan fingerprint density at radius 3 is 2.79 bits per heavy atom. The molecule has 1 aliphatic rings. The molecule has 0 bridgehead atoms. The van der Waals surface area contributed by atoms with Gasteiger partial charge in [0.05, 0.1) is 12.9 Å². The first-order valence-electron chi connectivity index (χ1n) is 7.61. The van der Waals surface area contributed by atoms with Crippen LogP contribution < -0.4 is 15.6 Å². The van der Waals surface area contributed by atoms with Gasteiger partial charge in [0.25, 0.3) is 0 Å². The number of benzene rings is 1. The van der Waals surface area contributed by atoms with Crippen LogP contribution in [-0.2, 0) is 14.6 Å². The zero-order chi connectivity index (χ0) is 17.7. The van der Waals surface area contributed by atoms with E-state index in [-0.39, 0.29) is 28.5 Å². The predicted octanol–water partition coefficient (Wildman–Crippen LogP) is 1.70. The second-order valence-electron chi connectivity index (χ2n) is 5.74. The van der Waals surface area contributed by atoms with Crippen LogP contribution >= 0.6 is 0 Å². The van der Waals surface area contributed by atoms with E-state index in [9.17, 15) is 13.2 Å². The molecule has 1 saturated heterocycles. The first-order chi connectivity index (χ1) is 11.4. The number of methoxy groups -OCH3 is 1. The Kier molecular flexibility index (Phi) is 5.80. The van der Waals surface area contributed by atoms with E-state index in [2.05, 4.69) is 17.4 Å². The summed E-state index contributed by atoms with van der Waals surface area (Å²) >= 11 is 0. The van der Waals surface area contributed by atoms with Crippen LogP contribution in [0.25, 0.3) is 6.08 Å². The van der Waals surface area contributed by atoms with Crippen molar-refractivity contribution in [3.63, 3.8) is 0 Å². The van der Waals surface area contributed by atoms with Crippen LogP contribution in [0.15, 0.2) is 41.8 Å². The quantitative estimate of drug-likeness (QED) is 0.763. The van der Waals surface area contributed by atoms with Crippen LogP contribution in [0, 0.1) is 5.92 Å². The van der Waals surface area contributed by atoms with Crippen molar-refractivity contribution in [3.8, 4) is 5.75 Å². The fraction of sp³-hybridized carbons (Fsp3) is 0.353. The number of carbonyl (C=O) groups is 1. The molecule has 1 heterocycles. The molecule has 0 aliphatic carbocycles.